The van der Waals surface area contributed by atoms with E-state index in [2.05, 4.69) is 15.7 Å². The summed E-state index contributed by atoms with van der Waals surface area (Å²) >= 11 is 5.90. The minimum absolute atomic E-state index is 0.195. The number of amides is 1. The van der Waals surface area contributed by atoms with Crippen molar-refractivity contribution in [3.05, 3.63) is 22.8 Å². The lowest BCUT2D eigenvalue weighted by atomic mass is 10.1. The van der Waals surface area contributed by atoms with Crippen LogP contribution in [-0.2, 0) is 4.74 Å². The van der Waals surface area contributed by atoms with Crippen LogP contribution in [0, 0.1) is 5.92 Å². The first-order chi connectivity index (χ1) is 8.70. The highest BCUT2D eigenvalue weighted by Gasteiger charge is 2.17. The number of pyridine rings is 1. The second kappa shape index (κ2) is 5.99. The second-order valence-corrected chi connectivity index (χ2v) is 4.55. The molecule has 0 bridgehead atoms. The van der Waals surface area contributed by atoms with E-state index in [-0.39, 0.29) is 5.91 Å². The van der Waals surface area contributed by atoms with E-state index in [1.807, 2.05) is 0 Å². The third-order valence-electron chi connectivity index (χ3n) is 2.82. The molecule has 1 saturated heterocycles. The molecular weight excluding hydrogens is 256 g/mol. The number of nitrogen functional groups attached to an aromatic ring is 1. The summed E-state index contributed by atoms with van der Waals surface area (Å²) < 4.78 is 5.24. The summed E-state index contributed by atoms with van der Waals surface area (Å²) in [7, 11) is 0. The number of nitrogens with one attached hydrogen (secondary N) is 2. The Bertz CT molecular complexity index is 435. The van der Waals surface area contributed by atoms with Gasteiger partial charge in [0, 0.05) is 25.3 Å². The normalized spacial score (nSPS) is 18.7. The van der Waals surface area contributed by atoms with E-state index in [1.165, 1.54) is 12.3 Å². The fraction of sp³-hybridized carbons (Fsp3) is 0.455. The predicted molar refractivity (Wildman–Crippen MR) is 68.3 cm³/mol. The van der Waals surface area contributed by atoms with Crippen LogP contribution < -0.4 is 16.6 Å². The van der Waals surface area contributed by atoms with Gasteiger partial charge in [0.25, 0.3) is 5.91 Å². The first-order valence-corrected chi connectivity index (χ1v) is 6.06. The van der Waals surface area contributed by atoms with Crippen molar-refractivity contribution in [1.29, 1.82) is 0 Å². The van der Waals surface area contributed by atoms with E-state index in [9.17, 15) is 4.79 Å². The number of carbonyl (C=O) groups is 1. The van der Waals surface area contributed by atoms with Gasteiger partial charge in [0.2, 0.25) is 0 Å². The van der Waals surface area contributed by atoms with Gasteiger partial charge < -0.3 is 15.5 Å². The summed E-state index contributed by atoms with van der Waals surface area (Å²) in [6.45, 7) is 2.08. The van der Waals surface area contributed by atoms with Gasteiger partial charge in [0.05, 0.1) is 17.2 Å². The monoisotopic (exact) mass is 270 g/mol. The van der Waals surface area contributed by atoms with Gasteiger partial charge in [-0.3, -0.25) is 4.79 Å². The van der Waals surface area contributed by atoms with Crippen molar-refractivity contribution in [2.75, 3.05) is 25.2 Å². The van der Waals surface area contributed by atoms with Crippen LogP contribution >= 0.6 is 11.6 Å². The maximum atomic E-state index is 11.9. The smallest absolute Gasteiger partial charge is 0.252 e. The molecule has 1 unspecified atom stereocenters. The Morgan fingerprint density at radius 2 is 2.50 bits per heavy atom. The lowest BCUT2D eigenvalue weighted by Crippen LogP contribution is -2.29. The molecule has 0 aromatic carbocycles. The van der Waals surface area contributed by atoms with Gasteiger partial charge in [-0.25, -0.2) is 10.8 Å². The standard InChI is InChI=1S/C11H15ClN4O2/c12-9-3-8(5-14-10(9)16-13)11(17)15-4-7-1-2-18-6-7/h3,5,7H,1-2,4,6,13H2,(H,14,16)(H,15,17). The average Bonchev–Trinajstić information content (AvgIpc) is 2.89. The molecule has 1 atom stereocenters. The minimum Gasteiger partial charge on any atom is -0.381 e. The molecule has 1 aliphatic rings. The molecule has 0 radical (unpaired) electrons. The highest BCUT2D eigenvalue weighted by atomic mass is 35.5. The van der Waals surface area contributed by atoms with Crippen LogP contribution in [0.25, 0.3) is 0 Å². The van der Waals surface area contributed by atoms with Gasteiger partial charge in [-0.05, 0) is 12.5 Å². The molecule has 0 saturated carbocycles. The highest BCUT2D eigenvalue weighted by Crippen LogP contribution is 2.19. The number of anilines is 1. The van der Waals surface area contributed by atoms with E-state index < -0.39 is 0 Å². The van der Waals surface area contributed by atoms with Crippen LogP contribution in [0.2, 0.25) is 5.02 Å². The maximum absolute atomic E-state index is 11.9. The highest BCUT2D eigenvalue weighted by molar-refractivity contribution is 6.33. The van der Waals surface area contributed by atoms with Gasteiger partial charge >= 0.3 is 0 Å². The molecule has 0 spiro atoms. The van der Waals surface area contributed by atoms with Crippen LogP contribution in [0.4, 0.5) is 5.82 Å². The average molecular weight is 271 g/mol. The van der Waals surface area contributed by atoms with E-state index in [4.69, 9.17) is 22.2 Å². The number of halogens is 1. The lowest BCUT2D eigenvalue weighted by molar-refractivity contribution is 0.0944. The maximum Gasteiger partial charge on any atom is 0.252 e. The number of ether oxygens (including phenoxy) is 1. The van der Waals surface area contributed by atoms with Crippen LogP contribution in [0.15, 0.2) is 12.3 Å². The quantitative estimate of drug-likeness (QED) is 0.556. The van der Waals surface area contributed by atoms with Gasteiger partial charge in [-0.15, -0.1) is 0 Å². The van der Waals surface area contributed by atoms with E-state index in [0.717, 1.165) is 13.0 Å². The van der Waals surface area contributed by atoms with E-state index >= 15 is 0 Å². The SMILES string of the molecule is NNc1ncc(C(=O)NCC2CCOC2)cc1Cl. The Morgan fingerprint density at radius 3 is 3.11 bits per heavy atom. The zero-order chi connectivity index (χ0) is 13.0. The minimum atomic E-state index is -0.195. The summed E-state index contributed by atoms with van der Waals surface area (Å²) in [5.74, 6) is 5.75. The molecule has 2 heterocycles. The molecule has 1 amide bonds. The largest absolute Gasteiger partial charge is 0.381 e. The number of carbonyl (C=O) groups excluding carboxylic acids is 1. The van der Waals surface area contributed by atoms with Gasteiger partial charge in [0.1, 0.15) is 0 Å². The Hall–Kier alpha value is -1.37. The molecule has 1 aliphatic heterocycles. The lowest BCUT2D eigenvalue weighted by Gasteiger charge is -2.10. The van der Waals surface area contributed by atoms with Gasteiger partial charge in [0.15, 0.2) is 5.82 Å². The van der Waals surface area contributed by atoms with Crippen molar-refractivity contribution in [2.45, 2.75) is 6.42 Å². The number of nitrogens with zero attached hydrogens (tertiary/aromatic N) is 1. The van der Waals surface area contributed by atoms with E-state index in [0.29, 0.717) is 35.5 Å². The molecular formula is C11H15ClN4O2. The first kappa shape index (κ1) is 13.1. The van der Waals surface area contributed by atoms with Crippen LogP contribution in [0.3, 0.4) is 0 Å². The Morgan fingerprint density at radius 1 is 1.67 bits per heavy atom. The topological polar surface area (TPSA) is 89.3 Å². The van der Waals surface area contributed by atoms with Crippen LogP contribution in [0.5, 0.6) is 0 Å². The van der Waals surface area contributed by atoms with Crippen LogP contribution in [-0.4, -0.2) is 30.6 Å². The molecule has 4 N–H and O–H groups in total. The molecule has 7 heteroatoms. The molecule has 98 valence electrons. The van der Waals surface area contributed by atoms with Gasteiger partial charge in [-0.1, -0.05) is 11.6 Å². The van der Waals surface area contributed by atoms with Crippen molar-refractivity contribution < 1.29 is 9.53 Å². The van der Waals surface area contributed by atoms with Crippen molar-refractivity contribution in [1.82, 2.24) is 10.3 Å². The Balaban J connectivity index is 1.93. The number of hydrazine groups is 1. The fourth-order valence-electron chi connectivity index (χ4n) is 1.75. The summed E-state index contributed by atoms with van der Waals surface area (Å²) in [5, 5.41) is 3.15. The zero-order valence-electron chi connectivity index (χ0n) is 9.78. The number of hydrogen-bond acceptors (Lipinski definition) is 5. The summed E-state index contributed by atoms with van der Waals surface area (Å²) in [5.41, 5.74) is 2.76. The fourth-order valence-corrected chi connectivity index (χ4v) is 1.97. The number of nitrogens with two attached hydrogens (primary N) is 1. The van der Waals surface area contributed by atoms with Crippen molar-refractivity contribution in [3.63, 3.8) is 0 Å². The molecule has 1 aromatic rings. The summed E-state index contributed by atoms with van der Waals surface area (Å²) in [4.78, 5) is 15.8. The number of aromatic nitrogens is 1. The second-order valence-electron chi connectivity index (χ2n) is 4.14. The summed E-state index contributed by atoms with van der Waals surface area (Å²) in [6, 6.07) is 1.53. The zero-order valence-corrected chi connectivity index (χ0v) is 10.5. The molecule has 1 fully saturated rings. The Labute approximate surface area is 110 Å². The molecule has 18 heavy (non-hydrogen) atoms. The summed E-state index contributed by atoms with van der Waals surface area (Å²) in [6.07, 6.45) is 2.41. The van der Waals surface area contributed by atoms with Crippen molar-refractivity contribution in [2.24, 2.45) is 11.8 Å². The van der Waals surface area contributed by atoms with Gasteiger partial charge in [-0.2, -0.15) is 0 Å². The first-order valence-electron chi connectivity index (χ1n) is 5.69. The third kappa shape index (κ3) is 3.10. The Kier molecular flexibility index (Phi) is 4.35. The van der Waals surface area contributed by atoms with E-state index in [1.54, 1.807) is 0 Å². The molecule has 0 aliphatic carbocycles. The molecule has 2 rings (SSSR count). The number of hydrogen-bond donors (Lipinski definition) is 3. The van der Waals surface area contributed by atoms with Crippen molar-refractivity contribution in [3.8, 4) is 0 Å². The molecule has 1 aromatic heterocycles. The van der Waals surface area contributed by atoms with Crippen molar-refractivity contribution >= 4 is 23.3 Å². The molecule has 6 nitrogen and oxygen atoms in total. The predicted octanol–water partition coefficient (Wildman–Crippen LogP) is 0.787. The number of rotatable bonds is 4. The third-order valence-corrected chi connectivity index (χ3v) is 3.10. The van der Waals surface area contributed by atoms with Crippen LogP contribution in [0.1, 0.15) is 16.8 Å².